The largest absolute Gasteiger partial charge is 0.467 e. The summed E-state index contributed by atoms with van der Waals surface area (Å²) in [5.74, 6) is 0.211. The van der Waals surface area contributed by atoms with Crippen LogP contribution in [0.5, 0.6) is 0 Å². The standard InChI is InChI=1S/C23H24N4O4/c1-16(28)25-21(17-6-3-2-4-7-17)14-22(29)26-18-9-11-19(12-10-18)27-23(30)24-15-20-8-5-13-31-20/h2-13,21H,14-15H2,1H3,(H,25,28)(H,26,29)(H2,24,27,30). The molecular weight excluding hydrogens is 396 g/mol. The summed E-state index contributed by atoms with van der Waals surface area (Å²) >= 11 is 0. The van der Waals surface area contributed by atoms with Crippen molar-refractivity contribution in [3.63, 3.8) is 0 Å². The Labute approximate surface area is 180 Å². The van der Waals surface area contributed by atoms with Crippen LogP contribution >= 0.6 is 0 Å². The number of amides is 4. The maximum Gasteiger partial charge on any atom is 0.319 e. The normalized spacial score (nSPS) is 11.3. The molecule has 0 aliphatic rings. The SMILES string of the molecule is CC(=O)NC(CC(=O)Nc1ccc(NC(=O)NCc2ccco2)cc1)c1ccccc1. The number of hydrogen-bond donors (Lipinski definition) is 4. The second-order valence-electron chi connectivity index (χ2n) is 6.88. The summed E-state index contributed by atoms with van der Waals surface area (Å²) in [6.45, 7) is 1.70. The zero-order valence-corrected chi connectivity index (χ0v) is 17.1. The summed E-state index contributed by atoms with van der Waals surface area (Å²) in [6.07, 6.45) is 1.64. The van der Waals surface area contributed by atoms with E-state index in [0.717, 1.165) is 5.56 Å². The lowest BCUT2D eigenvalue weighted by atomic mass is 10.0. The van der Waals surface area contributed by atoms with Crippen LogP contribution in [-0.4, -0.2) is 17.8 Å². The fraction of sp³-hybridized carbons (Fsp3) is 0.174. The first-order valence-electron chi connectivity index (χ1n) is 9.79. The van der Waals surface area contributed by atoms with E-state index in [4.69, 9.17) is 4.42 Å². The zero-order chi connectivity index (χ0) is 22.1. The number of hydrogen-bond acceptors (Lipinski definition) is 4. The van der Waals surface area contributed by atoms with Gasteiger partial charge in [-0.15, -0.1) is 0 Å². The molecule has 0 radical (unpaired) electrons. The molecule has 3 rings (SSSR count). The molecule has 4 N–H and O–H groups in total. The van der Waals surface area contributed by atoms with Gasteiger partial charge < -0.3 is 25.7 Å². The maximum absolute atomic E-state index is 12.5. The highest BCUT2D eigenvalue weighted by Gasteiger charge is 2.17. The monoisotopic (exact) mass is 420 g/mol. The molecule has 2 aromatic carbocycles. The summed E-state index contributed by atoms with van der Waals surface area (Å²) < 4.78 is 5.16. The van der Waals surface area contributed by atoms with Gasteiger partial charge in [-0.3, -0.25) is 9.59 Å². The summed E-state index contributed by atoms with van der Waals surface area (Å²) in [6, 6.07) is 18.8. The summed E-state index contributed by atoms with van der Waals surface area (Å²) in [5.41, 5.74) is 2.02. The lowest BCUT2D eigenvalue weighted by Gasteiger charge is -2.18. The molecule has 1 unspecified atom stereocenters. The van der Waals surface area contributed by atoms with Crippen molar-refractivity contribution in [2.24, 2.45) is 0 Å². The first-order chi connectivity index (χ1) is 15.0. The molecular formula is C23H24N4O4. The number of rotatable bonds is 8. The smallest absolute Gasteiger partial charge is 0.319 e. The van der Waals surface area contributed by atoms with Crippen LogP contribution in [0.2, 0.25) is 0 Å². The van der Waals surface area contributed by atoms with Gasteiger partial charge in [0.25, 0.3) is 0 Å². The quantitative estimate of drug-likeness (QED) is 0.444. The van der Waals surface area contributed by atoms with Crippen molar-refractivity contribution in [2.75, 3.05) is 10.6 Å². The first kappa shape index (κ1) is 21.6. The third-order valence-electron chi connectivity index (χ3n) is 4.40. The number of nitrogens with one attached hydrogen (secondary N) is 4. The highest BCUT2D eigenvalue weighted by Crippen LogP contribution is 2.19. The van der Waals surface area contributed by atoms with Crippen LogP contribution in [0.3, 0.4) is 0 Å². The van der Waals surface area contributed by atoms with E-state index in [9.17, 15) is 14.4 Å². The molecule has 3 aromatic rings. The van der Waals surface area contributed by atoms with Crippen LogP contribution in [0, 0.1) is 0 Å². The van der Waals surface area contributed by atoms with Crippen molar-refractivity contribution < 1.29 is 18.8 Å². The Bertz CT molecular complexity index is 1000. The van der Waals surface area contributed by atoms with E-state index in [1.165, 1.54) is 6.92 Å². The average Bonchev–Trinajstić information content (AvgIpc) is 3.27. The average molecular weight is 420 g/mol. The number of carbonyl (C=O) groups is 3. The molecule has 0 aliphatic carbocycles. The van der Waals surface area contributed by atoms with E-state index >= 15 is 0 Å². The Kier molecular flexibility index (Phi) is 7.42. The van der Waals surface area contributed by atoms with Crippen LogP contribution in [0.25, 0.3) is 0 Å². The molecule has 0 saturated carbocycles. The molecule has 4 amide bonds. The van der Waals surface area contributed by atoms with E-state index in [-0.39, 0.29) is 30.8 Å². The van der Waals surface area contributed by atoms with E-state index < -0.39 is 6.04 Å². The minimum absolute atomic E-state index is 0.0960. The van der Waals surface area contributed by atoms with Crippen molar-refractivity contribution in [1.82, 2.24) is 10.6 Å². The molecule has 8 nitrogen and oxygen atoms in total. The van der Waals surface area contributed by atoms with Gasteiger partial charge in [-0.1, -0.05) is 30.3 Å². The highest BCUT2D eigenvalue weighted by molar-refractivity contribution is 5.93. The molecule has 1 heterocycles. The fourth-order valence-corrected chi connectivity index (χ4v) is 2.97. The van der Waals surface area contributed by atoms with Crippen molar-refractivity contribution in [3.05, 3.63) is 84.3 Å². The highest BCUT2D eigenvalue weighted by atomic mass is 16.3. The molecule has 0 spiro atoms. The minimum Gasteiger partial charge on any atom is -0.467 e. The van der Waals surface area contributed by atoms with Gasteiger partial charge in [-0.05, 0) is 42.0 Å². The Morgan fingerprint density at radius 1 is 0.871 bits per heavy atom. The van der Waals surface area contributed by atoms with Crippen LogP contribution < -0.4 is 21.3 Å². The van der Waals surface area contributed by atoms with E-state index in [2.05, 4.69) is 21.3 Å². The Balaban J connectivity index is 1.51. The van der Waals surface area contributed by atoms with E-state index in [1.807, 2.05) is 30.3 Å². The first-order valence-corrected chi connectivity index (χ1v) is 9.79. The lowest BCUT2D eigenvalue weighted by Crippen LogP contribution is -2.29. The number of furan rings is 1. The van der Waals surface area contributed by atoms with Gasteiger partial charge in [0, 0.05) is 18.3 Å². The van der Waals surface area contributed by atoms with Crippen molar-refractivity contribution in [1.29, 1.82) is 0 Å². The van der Waals surface area contributed by atoms with Crippen LogP contribution in [-0.2, 0) is 16.1 Å². The van der Waals surface area contributed by atoms with Crippen molar-refractivity contribution in [2.45, 2.75) is 25.9 Å². The van der Waals surface area contributed by atoms with Gasteiger partial charge in [-0.2, -0.15) is 0 Å². The summed E-state index contributed by atoms with van der Waals surface area (Å²) in [5, 5.41) is 11.0. The van der Waals surface area contributed by atoms with Crippen LogP contribution in [0.15, 0.2) is 77.4 Å². The Hall–Kier alpha value is -4.07. The topological polar surface area (TPSA) is 112 Å². The Morgan fingerprint density at radius 3 is 2.16 bits per heavy atom. The number of benzene rings is 2. The molecule has 0 aliphatic heterocycles. The molecule has 0 fully saturated rings. The molecule has 0 bridgehead atoms. The second-order valence-corrected chi connectivity index (χ2v) is 6.88. The summed E-state index contributed by atoms with van der Waals surface area (Å²) in [4.78, 5) is 36.0. The van der Waals surface area contributed by atoms with Gasteiger partial charge in [-0.25, -0.2) is 4.79 Å². The van der Waals surface area contributed by atoms with Gasteiger partial charge in [0.1, 0.15) is 5.76 Å². The fourth-order valence-electron chi connectivity index (χ4n) is 2.97. The molecule has 1 atom stereocenters. The predicted molar refractivity (Wildman–Crippen MR) is 117 cm³/mol. The lowest BCUT2D eigenvalue weighted by molar-refractivity contribution is -0.120. The minimum atomic E-state index is -0.419. The van der Waals surface area contributed by atoms with Gasteiger partial charge in [0.2, 0.25) is 11.8 Å². The second kappa shape index (κ2) is 10.6. The number of anilines is 2. The molecule has 1 aromatic heterocycles. The molecule has 160 valence electrons. The number of urea groups is 1. The van der Waals surface area contributed by atoms with Gasteiger partial charge in [0.05, 0.1) is 25.3 Å². The van der Waals surface area contributed by atoms with E-state index in [1.54, 1.807) is 42.7 Å². The van der Waals surface area contributed by atoms with Crippen LogP contribution in [0.1, 0.15) is 30.7 Å². The summed E-state index contributed by atoms with van der Waals surface area (Å²) in [7, 11) is 0. The van der Waals surface area contributed by atoms with Crippen LogP contribution in [0.4, 0.5) is 16.2 Å². The molecule has 31 heavy (non-hydrogen) atoms. The van der Waals surface area contributed by atoms with Crippen molar-refractivity contribution >= 4 is 29.2 Å². The molecule has 8 heteroatoms. The zero-order valence-electron chi connectivity index (χ0n) is 17.1. The van der Waals surface area contributed by atoms with Gasteiger partial charge in [0.15, 0.2) is 0 Å². The number of carbonyl (C=O) groups excluding carboxylic acids is 3. The van der Waals surface area contributed by atoms with E-state index in [0.29, 0.717) is 17.1 Å². The third-order valence-corrected chi connectivity index (χ3v) is 4.40. The molecule has 0 saturated heterocycles. The third kappa shape index (κ3) is 7.04. The van der Waals surface area contributed by atoms with Gasteiger partial charge >= 0.3 is 6.03 Å². The maximum atomic E-state index is 12.5. The Morgan fingerprint density at radius 2 is 1.55 bits per heavy atom. The van der Waals surface area contributed by atoms with Crippen molar-refractivity contribution in [3.8, 4) is 0 Å². The predicted octanol–water partition coefficient (Wildman–Crippen LogP) is 3.81.